The number of anilines is 1. The van der Waals surface area contributed by atoms with Crippen LogP contribution < -0.4 is 4.90 Å². The SMILES string of the molecule is [CH2]C(C)(C)c1ccc(N2CCCC2)cc1. The van der Waals surface area contributed by atoms with E-state index in [4.69, 9.17) is 0 Å². The molecule has 2 rings (SSSR count). The third-order valence-corrected chi connectivity index (χ3v) is 3.12. The minimum absolute atomic E-state index is 0.0174. The van der Waals surface area contributed by atoms with Crippen LogP contribution in [0.4, 0.5) is 5.69 Å². The fourth-order valence-electron chi connectivity index (χ4n) is 2.10. The van der Waals surface area contributed by atoms with Crippen molar-refractivity contribution < 1.29 is 0 Å². The smallest absolute Gasteiger partial charge is 0.0366 e. The van der Waals surface area contributed by atoms with E-state index in [1.165, 1.54) is 37.2 Å². The highest BCUT2D eigenvalue weighted by molar-refractivity contribution is 5.49. The molecule has 0 aromatic heterocycles. The van der Waals surface area contributed by atoms with Crippen LogP contribution in [-0.4, -0.2) is 13.1 Å². The maximum absolute atomic E-state index is 4.15. The zero-order chi connectivity index (χ0) is 10.9. The summed E-state index contributed by atoms with van der Waals surface area (Å²) in [6.45, 7) is 10.9. The number of benzene rings is 1. The molecule has 1 aromatic carbocycles. The van der Waals surface area contributed by atoms with Gasteiger partial charge in [-0.3, -0.25) is 0 Å². The van der Waals surface area contributed by atoms with Crippen molar-refractivity contribution in [3.8, 4) is 0 Å². The number of rotatable bonds is 2. The predicted molar refractivity (Wildman–Crippen MR) is 66.3 cm³/mol. The van der Waals surface area contributed by atoms with Crippen molar-refractivity contribution in [3.63, 3.8) is 0 Å². The summed E-state index contributed by atoms with van der Waals surface area (Å²) in [5.41, 5.74) is 2.69. The lowest BCUT2D eigenvalue weighted by Crippen LogP contribution is -2.18. The van der Waals surface area contributed by atoms with E-state index in [9.17, 15) is 0 Å². The van der Waals surface area contributed by atoms with Gasteiger partial charge in [-0.05, 0) is 42.9 Å². The Morgan fingerprint density at radius 2 is 1.60 bits per heavy atom. The molecular formula is C14H20N. The average Bonchev–Trinajstić information content (AvgIpc) is 2.69. The summed E-state index contributed by atoms with van der Waals surface area (Å²) in [6, 6.07) is 8.88. The van der Waals surface area contributed by atoms with Gasteiger partial charge in [0.2, 0.25) is 0 Å². The molecule has 0 bridgehead atoms. The Morgan fingerprint density at radius 1 is 1.07 bits per heavy atom. The summed E-state index contributed by atoms with van der Waals surface area (Å²) in [5, 5.41) is 0. The highest BCUT2D eigenvalue weighted by atomic mass is 15.1. The molecule has 1 radical (unpaired) electrons. The van der Waals surface area contributed by atoms with Crippen molar-refractivity contribution in [2.45, 2.75) is 32.1 Å². The van der Waals surface area contributed by atoms with E-state index < -0.39 is 0 Å². The van der Waals surface area contributed by atoms with Gasteiger partial charge in [-0.2, -0.15) is 0 Å². The first kappa shape index (κ1) is 10.5. The second-order valence-corrected chi connectivity index (χ2v) is 5.12. The second kappa shape index (κ2) is 3.88. The van der Waals surface area contributed by atoms with Crippen molar-refractivity contribution in [2.24, 2.45) is 0 Å². The molecule has 15 heavy (non-hydrogen) atoms. The largest absolute Gasteiger partial charge is 0.372 e. The Bertz CT molecular complexity index is 312. The van der Waals surface area contributed by atoms with Crippen LogP contribution >= 0.6 is 0 Å². The fraction of sp³-hybridized carbons (Fsp3) is 0.500. The van der Waals surface area contributed by atoms with E-state index in [0.29, 0.717) is 0 Å². The lowest BCUT2D eigenvalue weighted by molar-refractivity contribution is 0.665. The summed E-state index contributed by atoms with van der Waals surface area (Å²) in [5.74, 6) is 0. The van der Waals surface area contributed by atoms with Gasteiger partial charge in [-0.25, -0.2) is 0 Å². The van der Waals surface area contributed by atoms with Crippen LogP contribution in [0.1, 0.15) is 32.3 Å². The van der Waals surface area contributed by atoms with Gasteiger partial charge in [0.25, 0.3) is 0 Å². The topological polar surface area (TPSA) is 3.24 Å². The van der Waals surface area contributed by atoms with E-state index in [2.05, 4.69) is 49.9 Å². The average molecular weight is 202 g/mol. The van der Waals surface area contributed by atoms with Crippen LogP contribution in [0.3, 0.4) is 0 Å². The summed E-state index contributed by atoms with van der Waals surface area (Å²) in [7, 11) is 0. The Labute approximate surface area is 93.1 Å². The molecular weight excluding hydrogens is 182 g/mol. The zero-order valence-electron chi connectivity index (χ0n) is 9.79. The van der Waals surface area contributed by atoms with Crippen molar-refractivity contribution in [2.75, 3.05) is 18.0 Å². The first-order chi connectivity index (χ1) is 7.07. The van der Waals surface area contributed by atoms with Gasteiger partial charge in [-0.1, -0.05) is 26.0 Å². The first-order valence-corrected chi connectivity index (χ1v) is 5.78. The second-order valence-electron chi connectivity index (χ2n) is 5.12. The summed E-state index contributed by atoms with van der Waals surface area (Å²) < 4.78 is 0. The molecule has 1 aliphatic heterocycles. The molecule has 1 heterocycles. The van der Waals surface area contributed by atoms with Crippen molar-refractivity contribution in [1.29, 1.82) is 0 Å². The number of nitrogens with zero attached hydrogens (tertiary/aromatic N) is 1. The highest BCUT2D eigenvalue weighted by Crippen LogP contribution is 2.26. The van der Waals surface area contributed by atoms with Gasteiger partial charge in [0.1, 0.15) is 0 Å². The molecule has 81 valence electrons. The van der Waals surface area contributed by atoms with Crippen LogP contribution in [0, 0.1) is 6.92 Å². The highest BCUT2D eigenvalue weighted by Gasteiger charge is 2.15. The molecule has 0 spiro atoms. The van der Waals surface area contributed by atoms with Crippen LogP contribution in [0.15, 0.2) is 24.3 Å². The molecule has 1 nitrogen and oxygen atoms in total. The molecule has 0 atom stereocenters. The van der Waals surface area contributed by atoms with E-state index in [-0.39, 0.29) is 5.41 Å². The van der Waals surface area contributed by atoms with Gasteiger partial charge in [-0.15, -0.1) is 0 Å². The third-order valence-electron chi connectivity index (χ3n) is 3.12. The molecule has 1 heteroatoms. The molecule has 0 unspecified atom stereocenters. The predicted octanol–water partition coefficient (Wildman–Crippen LogP) is 3.40. The van der Waals surface area contributed by atoms with E-state index in [1.54, 1.807) is 0 Å². The zero-order valence-corrected chi connectivity index (χ0v) is 9.79. The van der Waals surface area contributed by atoms with Crippen LogP contribution in [0.2, 0.25) is 0 Å². The molecule has 1 saturated heterocycles. The normalized spacial score (nSPS) is 17.1. The minimum atomic E-state index is 0.0174. The summed E-state index contributed by atoms with van der Waals surface area (Å²) in [6.07, 6.45) is 2.67. The van der Waals surface area contributed by atoms with Crippen molar-refractivity contribution in [3.05, 3.63) is 36.8 Å². The van der Waals surface area contributed by atoms with Gasteiger partial charge < -0.3 is 4.90 Å². The lowest BCUT2D eigenvalue weighted by atomic mass is 9.87. The quantitative estimate of drug-likeness (QED) is 0.710. The lowest BCUT2D eigenvalue weighted by Gasteiger charge is -2.22. The maximum atomic E-state index is 4.15. The van der Waals surface area contributed by atoms with Crippen LogP contribution in [-0.2, 0) is 5.41 Å². The van der Waals surface area contributed by atoms with Gasteiger partial charge >= 0.3 is 0 Å². The van der Waals surface area contributed by atoms with Crippen molar-refractivity contribution in [1.82, 2.24) is 0 Å². The molecule has 0 aliphatic carbocycles. The van der Waals surface area contributed by atoms with Crippen LogP contribution in [0.5, 0.6) is 0 Å². The maximum Gasteiger partial charge on any atom is 0.0366 e. The Kier molecular flexibility index (Phi) is 2.72. The number of hydrogen-bond donors (Lipinski definition) is 0. The molecule has 0 amide bonds. The van der Waals surface area contributed by atoms with E-state index in [0.717, 1.165) is 0 Å². The van der Waals surface area contributed by atoms with Crippen molar-refractivity contribution >= 4 is 5.69 Å². The van der Waals surface area contributed by atoms with Gasteiger partial charge in [0.15, 0.2) is 0 Å². The Balaban J connectivity index is 2.16. The first-order valence-electron chi connectivity index (χ1n) is 5.78. The molecule has 1 aliphatic rings. The molecule has 0 N–H and O–H groups in total. The Hall–Kier alpha value is -0.980. The number of hydrogen-bond acceptors (Lipinski definition) is 1. The molecule has 1 aromatic rings. The van der Waals surface area contributed by atoms with Gasteiger partial charge in [0, 0.05) is 18.8 Å². The Morgan fingerprint density at radius 3 is 2.07 bits per heavy atom. The van der Waals surface area contributed by atoms with E-state index >= 15 is 0 Å². The third kappa shape index (κ3) is 2.34. The molecule has 1 fully saturated rings. The monoisotopic (exact) mass is 202 g/mol. The fourth-order valence-corrected chi connectivity index (χ4v) is 2.10. The van der Waals surface area contributed by atoms with Crippen LogP contribution in [0.25, 0.3) is 0 Å². The van der Waals surface area contributed by atoms with E-state index in [1.807, 2.05) is 0 Å². The molecule has 0 saturated carbocycles. The summed E-state index contributed by atoms with van der Waals surface area (Å²) in [4.78, 5) is 2.46. The van der Waals surface area contributed by atoms with Gasteiger partial charge in [0.05, 0.1) is 0 Å². The standard InChI is InChI=1S/C14H20N/c1-14(2,3)12-6-8-13(9-7-12)15-10-4-5-11-15/h6-9H,1,4-5,10-11H2,2-3H3. The minimum Gasteiger partial charge on any atom is -0.372 e. The summed E-state index contributed by atoms with van der Waals surface area (Å²) >= 11 is 0.